The Kier molecular flexibility index (Phi) is 4.83. The number of rotatable bonds is 5. The zero-order valence-electron chi connectivity index (χ0n) is 16.0. The smallest absolute Gasteiger partial charge is 0.298 e. The molecule has 2 aromatic heterocycles. The molecule has 144 valence electrons. The normalized spacial score (nSPS) is 10.7. The van der Waals surface area contributed by atoms with Crippen molar-refractivity contribution in [3.05, 3.63) is 84.5 Å². The molecular weight excluding hydrogens is 366 g/mol. The number of hydrogen-bond donors (Lipinski definition) is 1. The molecule has 0 unspecified atom stereocenters. The molecule has 4 aromatic rings. The van der Waals surface area contributed by atoms with Crippen LogP contribution in [0.25, 0.3) is 22.6 Å². The number of ketones is 1. The van der Waals surface area contributed by atoms with Crippen molar-refractivity contribution in [2.45, 2.75) is 6.92 Å². The van der Waals surface area contributed by atoms with Gasteiger partial charge in [-0.1, -0.05) is 30.3 Å². The summed E-state index contributed by atoms with van der Waals surface area (Å²) >= 11 is 0. The zero-order chi connectivity index (χ0) is 20.4. The van der Waals surface area contributed by atoms with Crippen LogP contribution in [0.2, 0.25) is 0 Å². The zero-order valence-corrected chi connectivity index (χ0v) is 16.0. The van der Waals surface area contributed by atoms with Gasteiger partial charge in [-0.3, -0.25) is 9.59 Å². The van der Waals surface area contributed by atoms with Crippen LogP contribution in [0.15, 0.2) is 77.7 Å². The third kappa shape index (κ3) is 3.60. The molecular formula is C23H19N3O3. The van der Waals surface area contributed by atoms with Gasteiger partial charge in [0.2, 0.25) is 5.89 Å². The highest BCUT2D eigenvalue weighted by Crippen LogP contribution is 2.29. The number of nitrogens with one attached hydrogen (secondary N) is 1. The quantitative estimate of drug-likeness (QED) is 0.406. The first-order valence-corrected chi connectivity index (χ1v) is 9.11. The number of carbonyl (C=O) groups is 2. The Hall–Kier alpha value is -3.93. The van der Waals surface area contributed by atoms with E-state index in [4.69, 9.17) is 4.42 Å². The van der Waals surface area contributed by atoms with Crippen molar-refractivity contribution in [2.24, 2.45) is 7.05 Å². The summed E-state index contributed by atoms with van der Waals surface area (Å²) in [6.07, 6.45) is 4.92. The van der Waals surface area contributed by atoms with Crippen molar-refractivity contribution >= 4 is 17.4 Å². The minimum absolute atomic E-state index is 0.364. The third-order valence-corrected chi connectivity index (χ3v) is 4.68. The topological polar surface area (TPSA) is 77.1 Å². The number of aromatic nitrogens is 2. The maximum absolute atomic E-state index is 13.0. The summed E-state index contributed by atoms with van der Waals surface area (Å²) in [5.41, 5.74) is 4.27. The Balaban J connectivity index is 1.58. The summed E-state index contributed by atoms with van der Waals surface area (Å²) in [7, 11) is 1.77. The number of hydrogen-bond acceptors (Lipinski definition) is 4. The fourth-order valence-electron chi connectivity index (χ4n) is 3.38. The molecule has 0 fully saturated rings. The van der Waals surface area contributed by atoms with E-state index in [0.29, 0.717) is 17.3 Å². The number of anilines is 1. The van der Waals surface area contributed by atoms with Crippen LogP contribution in [0.3, 0.4) is 0 Å². The van der Waals surface area contributed by atoms with Crippen LogP contribution in [0, 0.1) is 6.92 Å². The van der Waals surface area contributed by atoms with Crippen LogP contribution >= 0.6 is 0 Å². The molecule has 1 N–H and O–H groups in total. The summed E-state index contributed by atoms with van der Waals surface area (Å²) in [5.74, 6) is -0.783. The molecule has 0 radical (unpaired) electrons. The van der Waals surface area contributed by atoms with Crippen molar-refractivity contribution in [3.63, 3.8) is 0 Å². The number of carbonyl (C=O) groups excluding carboxylic acids is 2. The van der Waals surface area contributed by atoms with E-state index in [1.54, 1.807) is 42.1 Å². The highest BCUT2D eigenvalue weighted by atomic mass is 16.3. The molecule has 0 saturated carbocycles. The Bertz CT molecular complexity index is 1160. The molecule has 6 nitrogen and oxygen atoms in total. The Labute approximate surface area is 167 Å². The van der Waals surface area contributed by atoms with Crippen molar-refractivity contribution in [2.75, 3.05) is 5.32 Å². The molecule has 0 bridgehead atoms. The molecule has 0 spiro atoms. The van der Waals surface area contributed by atoms with Gasteiger partial charge in [-0.2, -0.15) is 0 Å². The van der Waals surface area contributed by atoms with Crippen LogP contribution in [0.4, 0.5) is 5.69 Å². The molecule has 0 atom stereocenters. The standard InChI is InChI=1S/C23H19N3O3/c1-15-14-26(2)20(19(15)16-6-4-3-5-7-16)21(27)22(28)25-18-10-8-17(9-11-18)23-24-12-13-29-23/h3-14H,1-2H3,(H,25,28). The van der Waals surface area contributed by atoms with Crippen LogP contribution in [-0.2, 0) is 11.8 Å². The van der Waals surface area contributed by atoms with Gasteiger partial charge in [-0.05, 0) is 42.3 Å². The Morgan fingerprint density at radius 2 is 1.72 bits per heavy atom. The van der Waals surface area contributed by atoms with Gasteiger partial charge in [0.05, 0.1) is 6.20 Å². The van der Waals surface area contributed by atoms with Gasteiger partial charge in [0.25, 0.3) is 11.7 Å². The molecule has 0 aliphatic rings. The van der Waals surface area contributed by atoms with E-state index < -0.39 is 11.7 Å². The summed E-state index contributed by atoms with van der Waals surface area (Å²) in [4.78, 5) is 29.7. The third-order valence-electron chi connectivity index (χ3n) is 4.68. The molecule has 29 heavy (non-hydrogen) atoms. The summed E-state index contributed by atoms with van der Waals surface area (Å²) in [5, 5.41) is 2.68. The van der Waals surface area contributed by atoms with Crippen LogP contribution in [0.5, 0.6) is 0 Å². The predicted octanol–water partition coefficient (Wildman–Crippen LogP) is 4.48. The van der Waals surface area contributed by atoms with E-state index in [-0.39, 0.29) is 0 Å². The highest BCUT2D eigenvalue weighted by molar-refractivity contribution is 6.47. The highest BCUT2D eigenvalue weighted by Gasteiger charge is 2.25. The van der Waals surface area contributed by atoms with Gasteiger partial charge < -0.3 is 14.3 Å². The average Bonchev–Trinajstić information content (AvgIpc) is 3.36. The lowest BCUT2D eigenvalue weighted by atomic mass is 10.00. The van der Waals surface area contributed by atoms with Gasteiger partial charge in [0.15, 0.2) is 0 Å². The first kappa shape index (κ1) is 18.4. The SMILES string of the molecule is Cc1cn(C)c(C(=O)C(=O)Nc2ccc(-c3ncco3)cc2)c1-c1ccccc1. The molecule has 6 heteroatoms. The van der Waals surface area contributed by atoms with E-state index in [1.165, 1.54) is 6.26 Å². The summed E-state index contributed by atoms with van der Waals surface area (Å²) in [6.45, 7) is 1.93. The van der Waals surface area contributed by atoms with Crippen LogP contribution < -0.4 is 5.32 Å². The maximum Gasteiger partial charge on any atom is 0.298 e. The van der Waals surface area contributed by atoms with Gasteiger partial charge in [-0.25, -0.2) is 4.98 Å². The monoisotopic (exact) mass is 385 g/mol. The van der Waals surface area contributed by atoms with Crippen molar-refractivity contribution < 1.29 is 14.0 Å². The number of benzene rings is 2. The minimum atomic E-state index is -0.688. The molecule has 1 amide bonds. The minimum Gasteiger partial charge on any atom is -0.445 e. The fraction of sp³-hybridized carbons (Fsp3) is 0.0870. The van der Waals surface area contributed by atoms with E-state index >= 15 is 0 Å². The summed E-state index contributed by atoms with van der Waals surface area (Å²) < 4.78 is 6.95. The van der Waals surface area contributed by atoms with Crippen LogP contribution in [-0.4, -0.2) is 21.2 Å². The van der Waals surface area contributed by atoms with Crippen molar-refractivity contribution in [1.29, 1.82) is 0 Å². The molecule has 2 aromatic carbocycles. The second-order valence-electron chi connectivity index (χ2n) is 6.71. The van der Waals surface area contributed by atoms with E-state index in [1.807, 2.05) is 43.5 Å². The van der Waals surface area contributed by atoms with E-state index in [2.05, 4.69) is 10.3 Å². The van der Waals surface area contributed by atoms with Gasteiger partial charge >= 0.3 is 0 Å². The van der Waals surface area contributed by atoms with Crippen molar-refractivity contribution in [1.82, 2.24) is 9.55 Å². The van der Waals surface area contributed by atoms with Gasteiger partial charge in [0, 0.05) is 30.1 Å². The Morgan fingerprint density at radius 3 is 2.38 bits per heavy atom. The number of Topliss-reactive ketones (excluding diaryl/α,β-unsaturated/α-hetero) is 1. The maximum atomic E-state index is 13.0. The number of nitrogens with zero attached hydrogens (tertiary/aromatic N) is 2. The largest absolute Gasteiger partial charge is 0.445 e. The molecule has 0 aliphatic heterocycles. The number of amides is 1. The second kappa shape index (κ2) is 7.59. The van der Waals surface area contributed by atoms with Crippen molar-refractivity contribution in [3.8, 4) is 22.6 Å². The first-order valence-electron chi connectivity index (χ1n) is 9.11. The number of oxazole rings is 1. The lowest BCUT2D eigenvalue weighted by molar-refractivity contribution is -0.112. The predicted molar refractivity (Wildman–Crippen MR) is 110 cm³/mol. The molecule has 2 heterocycles. The number of aryl methyl sites for hydroxylation is 2. The van der Waals surface area contributed by atoms with E-state index in [0.717, 1.165) is 22.3 Å². The average molecular weight is 385 g/mol. The van der Waals surface area contributed by atoms with E-state index in [9.17, 15) is 9.59 Å². The molecule has 4 rings (SSSR count). The lowest BCUT2D eigenvalue weighted by Crippen LogP contribution is -2.25. The molecule has 0 aliphatic carbocycles. The lowest BCUT2D eigenvalue weighted by Gasteiger charge is -2.09. The van der Waals surface area contributed by atoms with Gasteiger partial charge in [0.1, 0.15) is 12.0 Å². The summed E-state index contributed by atoms with van der Waals surface area (Å²) in [6, 6.07) is 16.5. The Morgan fingerprint density at radius 1 is 1.00 bits per heavy atom. The first-order chi connectivity index (χ1) is 14.0. The van der Waals surface area contributed by atoms with Crippen LogP contribution in [0.1, 0.15) is 16.1 Å². The second-order valence-corrected chi connectivity index (χ2v) is 6.71. The fourth-order valence-corrected chi connectivity index (χ4v) is 3.38. The van der Waals surface area contributed by atoms with Gasteiger partial charge in [-0.15, -0.1) is 0 Å². The molecule has 0 saturated heterocycles.